The third kappa shape index (κ3) is 2.51. The van der Waals surface area contributed by atoms with Gasteiger partial charge < -0.3 is 24.8 Å². The molecule has 0 saturated carbocycles. The number of rotatable bonds is 0. The number of hydrogen-bond acceptors (Lipinski definition) is 2. The van der Waals surface area contributed by atoms with Gasteiger partial charge in [-0.3, -0.25) is 10.1 Å². The van der Waals surface area contributed by atoms with E-state index in [9.17, 15) is 9.59 Å². The van der Waals surface area contributed by atoms with Crippen LogP contribution in [0.2, 0.25) is 0 Å². The number of urea groups is 1. The van der Waals surface area contributed by atoms with Gasteiger partial charge in [-0.25, -0.2) is 10.1 Å². The van der Waals surface area contributed by atoms with E-state index in [1.54, 1.807) is 6.92 Å². The van der Waals surface area contributed by atoms with Crippen molar-refractivity contribution in [1.82, 2.24) is 5.32 Å². The van der Waals surface area contributed by atoms with Crippen molar-refractivity contribution in [3.63, 3.8) is 0 Å². The van der Waals surface area contributed by atoms with Crippen molar-refractivity contribution < 1.29 is 39.7 Å². The number of hydrogen-bond donors (Lipinski definition) is 2. The summed E-state index contributed by atoms with van der Waals surface area (Å²) in [5.74, 6) is -0.199. The number of carbonyl (C=O) groups is 2. The van der Waals surface area contributed by atoms with E-state index in [2.05, 4.69) is 5.32 Å². The Hall–Kier alpha value is -0.320. The van der Waals surface area contributed by atoms with Crippen LogP contribution < -0.4 is 35.4 Å². The van der Waals surface area contributed by atoms with Crippen molar-refractivity contribution >= 4 is 11.9 Å². The zero-order valence-corrected chi connectivity index (χ0v) is 6.74. The largest absolute Gasteiger partial charge is 1.00 e. The summed E-state index contributed by atoms with van der Waals surface area (Å²) in [5.41, 5.74) is 0. The van der Waals surface area contributed by atoms with Crippen LogP contribution in [0, 0.1) is 0 Å². The molecule has 1 fully saturated rings. The highest BCUT2D eigenvalue weighted by Crippen LogP contribution is 1.77. The molecule has 0 aromatic heterocycles. The molecule has 0 radical (unpaired) electrons. The lowest BCUT2D eigenvalue weighted by Crippen LogP contribution is -3.00. The van der Waals surface area contributed by atoms with Gasteiger partial charge in [0.05, 0.1) is 0 Å². The van der Waals surface area contributed by atoms with Crippen molar-refractivity contribution in [2.24, 2.45) is 0 Å². The molecule has 60 valence electrons. The van der Waals surface area contributed by atoms with Crippen LogP contribution >= 0.6 is 0 Å². The minimum absolute atomic E-state index is 0. The second-order valence-corrected chi connectivity index (χ2v) is 1.81. The average Bonchev–Trinajstić information content (AvgIpc) is 1.85. The van der Waals surface area contributed by atoms with E-state index in [1.165, 1.54) is 5.32 Å². The highest BCUT2D eigenvalue weighted by molar-refractivity contribution is 5.97. The van der Waals surface area contributed by atoms with Crippen LogP contribution in [0.3, 0.4) is 0 Å². The van der Waals surface area contributed by atoms with Crippen molar-refractivity contribution in [3.8, 4) is 0 Å². The molecule has 4 nitrogen and oxygen atoms in total. The highest BCUT2D eigenvalue weighted by atomic mass is 35.5. The van der Waals surface area contributed by atoms with E-state index in [4.69, 9.17) is 0 Å². The molecular formula is C4H7Cl2N2O2-. The lowest BCUT2D eigenvalue weighted by molar-refractivity contribution is -0.566. The van der Waals surface area contributed by atoms with Crippen LogP contribution in [-0.2, 0) is 4.79 Å². The second kappa shape index (κ2) is 4.49. The first-order valence-corrected chi connectivity index (χ1v) is 2.40. The zero-order chi connectivity index (χ0) is 6.15. The van der Waals surface area contributed by atoms with Crippen molar-refractivity contribution in [3.05, 3.63) is 0 Å². The van der Waals surface area contributed by atoms with Crippen LogP contribution in [0.4, 0.5) is 4.79 Å². The van der Waals surface area contributed by atoms with E-state index >= 15 is 0 Å². The number of nitrogens with two attached hydrogens (primary N) is 1. The molecule has 1 saturated heterocycles. The topological polar surface area (TPSA) is 62.8 Å². The van der Waals surface area contributed by atoms with E-state index in [-0.39, 0.29) is 42.8 Å². The summed E-state index contributed by atoms with van der Waals surface area (Å²) in [7, 11) is 0. The molecular weight excluding hydrogens is 179 g/mol. The molecule has 1 heterocycles. The molecule has 0 spiro atoms. The van der Waals surface area contributed by atoms with Gasteiger partial charge in [0.1, 0.15) is 0 Å². The van der Waals surface area contributed by atoms with Gasteiger partial charge in [0, 0.05) is 0 Å². The van der Waals surface area contributed by atoms with Crippen molar-refractivity contribution in [1.29, 1.82) is 0 Å². The van der Waals surface area contributed by atoms with Gasteiger partial charge in [0.25, 0.3) is 5.91 Å². The summed E-state index contributed by atoms with van der Waals surface area (Å²) in [6, 6.07) is -0.509. The van der Waals surface area contributed by atoms with E-state index in [1.807, 2.05) is 0 Å². The Bertz CT molecular complexity index is 150. The zero-order valence-electron chi connectivity index (χ0n) is 5.23. The van der Waals surface area contributed by atoms with Gasteiger partial charge >= 0.3 is 6.03 Å². The molecule has 1 aliphatic heterocycles. The van der Waals surface area contributed by atoms with Crippen LogP contribution in [0.1, 0.15) is 6.92 Å². The Kier molecular flexibility index (Phi) is 5.55. The minimum Gasteiger partial charge on any atom is -1.00 e. The third-order valence-corrected chi connectivity index (χ3v) is 1.06. The van der Waals surface area contributed by atoms with Gasteiger partial charge in [-0.05, 0) is 6.92 Å². The molecule has 0 aromatic carbocycles. The molecule has 0 bridgehead atoms. The Morgan fingerprint density at radius 2 is 1.90 bits per heavy atom. The van der Waals surface area contributed by atoms with Crippen LogP contribution in [-0.4, -0.2) is 18.0 Å². The predicted molar refractivity (Wildman–Crippen MR) is 24.9 cm³/mol. The quantitative estimate of drug-likeness (QED) is 0.369. The average molecular weight is 186 g/mol. The summed E-state index contributed by atoms with van der Waals surface area (Å²) in [4.78, 5) is 20.7. The fourth-order valence-corrected chi connectivity index (χ4v) is 0.580. The van der Waals surface area contributed by atoms with Gasteiger partial charge in [-0.1, -0.05) is 0 Å². The molecule has 1 unspecified atom stereocenters. The van der Waals surface area contributed by atoms with Gasteiger partial charge in [0.15, 0.2) is 6.04 Å². The molecule has 1 aliphatic rings. The summed E-state index contributed by atoms with van der Waals surface area (Å²) in [6.45, 7) is 1.68. The van der Waals surface area contributed by atoms with Crippen molar-refractivity contribution in [2.45, 2.75) is 13.0 Å². The molecule has 1 rings (SSSR count). The number of primary amides is 1. The first-order chi connectivity index (χ1) is 3.70. The van der Waals surface area contributed by atoms with Crippen molar-refractivity contribution in [2.75, 3.05) is 0 Å². The van der Waals surface area contributed by atoms with Crippen LogP contribution in [0.5, 0.6) is 0 Å². The minimum atomic E-state index is -0.275. The fraction of sp³-hybridized carbons (Fsp3) is 0.500. The number of carbonyl (C=O) groups excluding carboxylic acids is 2. The molecule has 0 aliphatic carbocycles. The monoisotopic (exact) mass is 185 g/mol. The Balaban J connectivity index is 0. The maximum absolute atomic E-state index is 10.4. The molecule has 6 heteroatoms. The number of imide groups is 1. The number of nitrogens with one attached hydrogen (secondary N) is 1. The summed E-state index contributed by atoms with van der Waals surface area (Å²) < 4.78 is 0. The van der Waals surface area contributed by atoms with Gasteiger partial charge in [-0.2, -0.15) is 0 Å². The predicted octanol–water partition coefficient (Wildman–Crippen LogP) is -7.80. The normalized spacial score (nSPS) is 22.7. The Morgan fingerprint density at radius 3 is 2.00 bits per heavy atom. The summed E-state index contributed by atoms with van der Waals surface area (Å²) in [5, 5.41) is 3.50. The molecule has 10 heavy (non-hydrogen) atoms. The first-order valence-electron chi connectivity index (χ1n) is 2.40. The molecule has 3 amide bonds. The molecule has 3 N–H and O–H groups in total. The number of amides is 3. The maximum atomic E-state index is 10.4. The summed E-state index contributed by atoms with van der Waals surface area (Å²) in [6.07, 6.45) is 0. The lowest BCUT2D eigenvalue weighted by Gasteiger charge is -1.85. The van der Waals surface area contributed by atoms with E-state index in [0.717, 1.165) is 0 Å². The van der Waals surface area contributed by atoms with Gasteiger partial charge in [0.2, 0.25) is 0 Å². The SMILES string of the molecule is CC1[NH2+]C(=O)NC1=O.[Cl-].[Cl-]. The van der Waals surface area contributed by atoms with E-state index < -0.39 is 0 Å². The molecule has 0 aromatic rings. The Labute approximate surface area is 70.6 Å². The second-order valence-electron chi connectivity index (χ2n) is 1.81. The lowest BCUT2D eigenvalue weighted by atomic mass is 10.4. The standard InChI is InChI=1S/C4H6N2O2.2ClH/c1-2-3(7)6-4(8)5-2;;/h2H,1H3,(H2,5,6,7,8);2*1H/p-1. The summed E-state index contributed by atoms with van der Waals surface area (Å²) >= 11 is 0. The smallest absolute Gasteiger partial charge is 0.420 e. The first kappa shape index (κ1) is 12.4. The van der Waals surface area contributed by atoms with Crippen LogP contribution in [0.15, 0.2) is 0 Å². The fourth-order valence-electron chi connectivity index (χ4n) is 0.580. The van der Waals surface area contributed by atoms with Gasteiger partial charge in [-0.15, -0.1) is 0 Å². The van der Waals surface area contributed by atoms with Crippen LogP contribution in [0.25, 0.3) is 0 Å². The highest BCUT2D eigenvalue weighted by Gasteiger charge is 2.30. The Morgan fingerprint density at radius 1 is 1.40 bits per heavy atom. The number of halogens is 2. The maximum Gasteiger partial charge on any atom is 0.420 e. The third-order valence-electron chi connectivity index (χ3n) is 1.06. The van der Waals surface area contributed by atoms with E-state index in [0.29, 0.717) is 0 Å². The molecule has 1 atom stereocenters. The number of quaternary nitrogens is 1.